The van der Waals surface area contributed by atoms with Gasteiger partial charge >= 0.3 is 0 Å². The van der Waals surface area contributed by atoms with Crippen molar-refractivity contribution in [1.82, 2.24) is 10.0 Å². The largest absolute Gasteiger partial charge is 0.393 e. The Balaban J connectivity index is 2.66. The third-order valence-corrected chi connectivity index (χ3v) is 4.22. The van der Waals surface area contributed by atoms with E-state index in [1.807, 2.05) is 0 Å². The van der Waals surface area contributed by atoms with Crippen LogP contribution in [-0.2, 0) is 10.0 Å². The number of benzene rings is 1. The second-order valence-electron chi connectivity index (χ2n) is 4.49. The lowest BCUT2D eigenvalue weighted by Gasteiger charge is -2.08. The van der Waals surface area contributed by atoms with Crippen molar-refractivity contribution in [3.05, 3.63) is 29.8 Å². The number of hydrogen-bond acceptors (Lipinski definition) is 4. The van der Waals surface area contributed by atoms with Gasteiger partial charge in [0, 0.05) is 19.2 Å². The Morgan fingerprint density at radius 3 is 2.40 bits per heavy atom. The fraction of sp³-hybridized carbons (Fsp3) is 0.462. The van der Waals surface area contributed by atoms with Crippen molar-refractivity contribution < 1.29 is 18.3 Å². The Bertz CT molecular complexity index is 538. The van der Waals surface area contributed by atoms with E-state index in [-0.39, 0.29) is 17.3 Å². The minimum absolute atomic E-state index is 0.113. The number of carbonyl (C=O) groups excluding carboxylic acids is 1. The normalized spacial score (nSPS) is 12.9. The molecule has 3 N–H and O–H groups in total. The molecule has 6 nitrogen and oxygen atoms in total. The second-order valence-corrected chi connectivity index (χ2v) is 6.26. The molecule has 0 fully saturated rings. The minimum atomic E-state index is -3.57. The maximum Gasteiger partial charge on any atom is 0.251 e. The first-order valence-corrected chi connectivity index (χ1v) is 7.85. The van der Waals surface area contributed by atoms with Crippen LogP contribution < -0.4 is 10.0 Å². The van der Waals surface area contributed by atoms with Crippen LogP contribution in [0.2, 0.25) is 0 Å². The highest BCUT2D eigenvalue weighted by Gasteiger charge is 2.14. The van der Waals surface area contributed by atoms with E-state index in [0.29, 0.717) is 18.4 Å². The lowest BCUT2D eigenvalue weighted by atomic mass is 10.2. The van der Waals surface area contributed by atoms with Gasteiger partial charge in [-0.3, -0.25) is 4.79 Å². The average molecular weight is 300 g/mol. The predicted octanol–water partition coefficient (Wildman–Crippen LogP) is 0.485. The summed E-state index contributed by atoms with van der Waals surface area (Å²) in [5.74, 6) is -0.265. The predicted molar refractivity (Wildman–Crippen MR) is 75.9 cm³/mol. The molecular weight excluding hydrogens is 280 g/mol. The van der Waals surface area contributed by atoms with Crippen molar-refractivity contribution >= 4 is 15.9 Å². The van der Waals surface area contributed by atoms with Crippen LogP contribution in [0.15, 0.2) is 29.2 Å². The van der Waals surface area contributed by atoms with Crippen LogP contribution in [0.1, 0.15) is 30.1 Å². The van der Waals surface area contributed by atoms with Crippen molar-refractivity contribution in [2.75, 3.05) is 13.6 Å². The molecule has 0 spiro atoms. The zero-order valence-electron chi connectivity index (χ0n) is 11.6. The molecule has 0 saturated carbocycles. The monoisotopic (exact) mass is 300 g/mol. The van der Waals surface area contributed by atoms with E-state index in [4.69, 9.17) is 5.11 Å². The minimum Gasteiger partial charge on any atom is -0.393 e. The van der Waals surface area contributed by atoms with Crippen molar-refractivity contribution in [3.8, 4) is 0 Å². The highest BCUT2D eigenvalue weighted by molar-refractivity contribution is 7.89. The zero-order chi connectivity index (χ0) is 15.2. The summed E-state index contributed by atoms with van der Waals surface area (Å²) in [6, 6.07) is 5.70. The van der Waals surface area contributed by atoms with Crippen molar-refractivity contribution in [2.45, 2.75) is 30.8 Å². The van der Waals surface area contributed by atoms with Gasteiger partial charge in [-0.25, -0.2) is 13.1 Å². The summed E-state index contributed by atoms with van der Waals surface area (Å²) >= 11 is 0. The summed E-state index contributed by atoms with van der Waals surface area (Å²) in [6.45, 7) is 1.93. The fourth-order valence-electron chi connectivity index (χ4n) is 1.62. The molecular formula is C13H20N2O4S. The van der Waals surface area contributed by atoms with Gasteiger partial charge in [-0.1, -0.05) is 0 Å². The van der Waals surface area contributed by atoms with Crippen LogP contribution in [0.3, 0.4) is 0 Å². The van der Waals surface area contributed by atoms with Gasteiger partial charge < -0.3 is 10.4 Å². The summed E-state index contributed by atoms with van der Waals surface area (Å²) in [4.78, 5) is 11.5. The van der Waals surface area contributed by atoms with Crippen LogP contribution >= 0.6 is 0 Å². The van der Waals surface area contributed by atoms with Gasteiger partial charge in [0.05, 0.1) is 11.0 Å². The summed E-state index contributed by atoms with van der Waals surface area (Å²) in [5, 5.41) is 11.6. The molecule has 0 bridgehead atoms. The standard InChI is InChI=1S/C13H20N2O4S/c1-10(16)4-3-9-15-20(18,19)12-7-5-11(6-8-12)13(17)14-2/h5-8,10,15-16H,3-4,9H2,1-2H3,(H,14,17). The van der Waals surface area contributed by atoms with Crippen LogP contribution in [-0.4, -0.2) is 39.1 Å². The van der Waals surface area contributed by atoms with E-state index in [1.165, 1.54) is 31.3 Å². The first kappa shape index (κ1) is 16.6. The molecule has 0 radical (unpaired) electrons. The Hall–Kier alpha value is -1.44. The number of hydrogen-bond donors (Lipinski definition) is 3. The van der Waals surface area contributed by atoms with Crippen molar-refractivity contribution in [3.63, 3.8) is 0 Å². The van der Waals surface area contributed by atoms with E-state index in [1.54, 1.807) is 6.92 Å². The van der Waals surface area contributed by atoms with Gasteiger partial charge in [0.1, 0.15) is 0 Å². The summed E-state index contributed by atoms with van der Waals surface area (Å²) in [5.41, 5.74) is 0.403. The summed E-state index contributed by atoms with van der Waals surface area (Å²) in [7, 11) is -2.06. The zero-order valence-corrected chi connectivity index (χ0v) is 12.4. The molecule has 0 aliphatic rings. The number of carbonyl (C=O) groups is 1. The molecule has 1 atom stereocenters. The highest BCUT2D eigenvalue weighted by atomic mass is 32.2. The highest BCUT2D eigenvalue weighted by Crippen LogP contribution is 2.10. The molecule has 20 heavy (non-hydrogen) atoms. The molecule has 112 valence electrons. The van der Waals surface area contributed by atoms with Crippen LogP contribution in [0.4, 0.5) is 0 Å². The van der Waals surface area contributed by atoms with Gasteiger partial charge in [-0.2, -0.15) is 0 Å². The molecule has 1 unspecified atom stereocenters. The van der Waals surface area contributed by atoms with Crippen molar-refractivity contribution in [2.24, 2.45) is 0 Å². The smallest absolute Gasteiger partial charge is 0.251 e. The van der Waals surface area contributed by atoms with Gasteiger partial charge in [-0.15, -0.1) is 0 Å². The SMILES string of the molecule is CNC(=O)c1ccc(S(=O)(=O)NCCCC(C)O)cc1. The molecule has 0 aromatic heterocycles. The van der Waals surface area contributed by atoms with Crippen LogP contribution in [0.25, 0.3) is 0 Å². The topological polar surface area (TPSA) is 95.5 Å². The Morgan fingerprint density at radius 2 is 1.90 bits per heavy atom. The quantitative estimate of drug-likeness (QED) is 0.638. The number of aliphatic hydroxyl groups is 1. The number of nitrogens with one attached hydrogen (secondary N) is 2. The fourth-order valence-corrected chi connectivity index (χ4v) is 2.69. The molecule has 1 rings (SSSR count). The molecule has 1 amide bonds. The van der Waals surface area contributed by atoms with Crippen molar-refractivity contribution in [1.29, 1.82) is 0 Å². The molecule has 7 heteroatoms. The van der Waals surface area contributed by atoms with Crippen LogP contribution in [0, 0.1) is 0 Å². The average Bonchev–Trinajstić information content (AvgIpc) is 2.43. The first-order chi connectivity index (χ1) is 9.36. The van der Waals surface area contributed by atoms with E-state index in [2.05, 4.69) is 10.0 Å². The van der Waals surface area contributed by atoms with E-state index < -0.39 is 16.1 Å². The van der Waals surface area contributed by atoms with E-state index in [0.717, 1.165) is 0 Å². The Kier molecular flexibility index (Phi) is 6.12. The summed E-state index contributed by atoms with van der Waals surface area (Å²) < 4.78 is 26.4. The first-order valence-electron chi connectivity index (χ1n) is 6.36. The molecule has 1 aromatic rings. The summed E-state index contributed by atoms with van der Waals surface area (Å²) in [6.07, 6.45) is 0.664. The number of amides is 1. The molecule has 1 aromatic carbocycles. The molecule has 0 aliphatic carbocycles. The van der Waals surface area contributed by atoms with Gasteiger partial charge in [-0.05, 0) is 44.0 Å². The third kappa shape index (κ3) is 4.92. The maximum absolute atomic E-state index is 12.0. The molecule has 0 saturated heterocycles. The lowest BCUT2D eigenvalue weighted by Crippen LogP contribution is -2.25. The van der Waals surface area contributed by atoms with E-state index in [9.17, 15) is 13.2 Å². The third-order valence-electron chi connectivity index (χ3n) is 2.74. The maximum atomic E-state index is 12.0. The molecule has 0 aliphatic heterocycles. The van der Waals surface area contributed by atoms with Gasteiger partial charge in [0.25, 0.3) is 5.91 Å². The Morgan fingerprint density at radius 1 is 1.30 bits per heavy atom. The number of aliphatic hydroxyl groups excluding tert-OH is 1. The van der Waals surface area contributed by atoms with Gasteiger partial charge in [0.15, 0.2) is 0 Å². The number of sulfonamides is 1. The molecule has 0 heterocycles. The second kappa shape index (κ2) is 7.37. The number of rotatable bonds is 7. The lowest BCUT2D eigenvalue weighted by molar-refractivity contribution is 0.0963. The van der Waals surface area contributed by atoms with E-state index >= 15 is 0 Å². The van der Waals surface area contributed by atoms with Gasteiger partial charge in [0.2, 0.25) is 10.0 Å². The Labute approximate surface area is 119 Å². The van der Waals surface area contributed by atoms with Crippen LogP contribution in [0.5, 0.6) is 0 Å².